The highest BCUT2D eigenvalue weighted by atomic mass is 32.2. The Morgan fingerprint density at radius 1 is 1.47 bits per heavy atom. The number of carbonyl (C=O) groups excluding carboxylic acids is 1. The molecule has 2 unspecified atom stereocenters. The molecule has 1 aliphatic rings. The summed E-state index contributed by atoms with van der Waals surface area (Å²) in [5.74, 6) is 3.36. The Hall–Kier alpha value is -0.530. The SMILES string of the molecule is CCC1SCCSC1c1noc(CC(=O)COC)n1. The van der Waals surface area contributed by atoms with E-state index in [1.54, 1.807) is 0 Å². The van der Waals surface area contributed by atoms with Crippen molar-refractivity contribution in [2.45, 2.75) is 30.3 Å². The number of carbonyl (C=O) groups is 1. The second-order valence-corrected chi connectivity index (χ2v) is 6.90. The van der Waals surface area contributed by atoms with Crippen molar-refractivity contribution < 1.29 is 14.1 Å². The second kappa shape index (κ2) is 7.31. The average molecular weight is 302 g/mol. The minimum Gasteiger partial charge on any atom is -0.377 e. The van der Waals surface area contributed by atoms with Gasteiger partial charge in [0, 0.05) is 23.9 Å². The average Bonchev–Trinajstić information content (AvgIpc) is 2.87. The van der Waals surface area contributed by atoms with Gasteiger partial charge in [0.2, 0.25) is 5.89 Å². The molecule has 0 aliphatic carbocycles. The Kier molecular flexibility index (Phi) is 5.72. The van der Waals surface area contributed by atoms with E-state index in [2.05, 4.69) is 17.1 Å². The highest BCUT2D eigenvalue weighted by Gasteiger charge is 2.30. The van der Waals surface area contributed by atoms with E-state index in [1.165, 1.54) is 12.9 Å². The predicted molar refractivity (Wildman–Crippen MR) is 76.6 cm³/mol. The summed E-state index contributed by atoms with van der Waals surface area (Å²) >= 11 is 3.84. The molecular formula is C12H18N2O3S2. The number of thioether (sulfide) groups is 2. The predicted octanol–water partition coefficient (Wildman–Crippen LogP) is 2.13. The summed E-state index contributed by atoms with van der Waals surface area (Å²) in [6, 6.07) is 0. The van der Waals surface area contributed by atoms with E-state index in [9.17, 15) is 4.79 Å². The summed E-state index contributed by atoms with van der Waals surface area (Å²) in [7, 11) is 1.50. The van der Waals surface area contributed by atoms with Crippen molar-refractivity contribution >= 4 is 29.3 Å². The molecule has 0 aromatic carbocycles. The molecule has 1 saturated heterocycles. The highest BCUT2D eigenvalue weighted by Crippen LogP contribution is 2.42. The first kappa shape index (κ1) is 14.9. The molecule has 0 bridgehead atoms. The number of aromatic nitrogens is 2. The molecule has 7 heteroatoms. The highest BCUT2D eigenvalue weighted by molar-refractivity contribution is 8.06. The molecule has 2 heterocycles. The van der Waals surface area contributed by atoms with Gasteiger partial charge in [-0.15, -0.1) is 11.8 Å². The molecule has 1 aromatic heterocycles. The van der Waals surface area contributed by atoms with Gasteiger partial charge in [0.25, 0.3) is 0 Å². The van der Waals surface area contributed by atoms with Crippen LogP contribution in [0.5, 0.6) is 0 Å². The number of nitrogens with zero attached hydrogens (tertiary/aromatic N) is 2. The lowest BCUT2D eigenvalue weighted by Gasteiger charge is -2.27. The van der Waals surface area contributed by atoms with Crippen LogP contribution >= 0.6 is 23.5 Å². The second-order valence-electron chi connectivity index (χ2n) is 4.30. The summed E-state index contributed by atoms with van der Waals surface area (Å²) in [6.07, 6.45) is 1.25. The molecule has 2 atom stereocenters. The van der Waals surface area contributed by atoms with Crippen LogP contribution in [0.3, 0.4) is 0 Å². The van der Waals surface area contributed by atoms with Crippen LogP contribution in [0.4, 0.5) is 0 Å². The molecule has 0 saturated carbocycles. The zero-order valence-corrected chi connectivity index (χ0v) is 12.8. The Morgan fingerprint density at radius 3 is 3.00 bits per heavy atom. The molecule has 0 radical (unpaired) electrons. The van der Waals surface area contributed by atoms with E-state index in [1.807, 2.05) is 23.5 Å². The summed E-state index contributed by atoms with van der Waals surface area (Å²) < 4.78 is 9.95. The smallest absolute Gasteiger partial charge is 0.234 e. The van der Waals surface area contributed by atoms with Crippen molar-refractivity contribution in [3.63, 3.8) is 0 Å². The fourth-order valence-electron chi connectivity index (χ4n) is 1.98. The van der Waals surface area contributed by atoms with Crippen molar-refractivity contribution in [1.82, 2.24) is 10.1 Å². The first-order chi connectivity index (χ1) is 9.24. The lowest BCUT2D eigenvalue weighted by atomic mass is 10.2. The van der Waals surface area contributed by atoms with Crippen LogP contribution < -0.4 is 0 Å². The molecule has 1 aromatic rings. The zero-order valence-electron chi connectivity index (χ0n) is 11.1. The van der Waals surface area contributed by atoms with E-state index < -0.39 is 0 Å². The van der Waals surface area contributed by atoms with Gasteiger partial charge in [-0.1, -0.05) is 12.1 Å². The third-order valence-electron chi connectivity index (χ3n) is 2.84. The number of hydrogen-bond donors (Lipinski definition) is 0. The van der Waals surface area contributed by atoms with E-state index in [0.29, 0.717) is 11.1 Å². The Labute approximate surface area is 121 Å². The monoisotopic (exact) mass is 302 g/mol. The van der Waals surface area contributed by atoms with Gasteiger partial charge in [-0.3, -0.25) is 4.79 Å². The first-order valence-corrected chi connectivity index (χ1v) is 8.40. The van der Waals surface area contributed by atoms with Crippen molar-refractivity contribution in [2.75, 3.05) is 25.2 Å². The Bertz CT molecular complexity index is 425. The minimum absolute atomic E-state index is 0.0459. The maximum Gasteiger partial charge on any atom is 0.234 e. The van der Waals surface area contributed by atoms with Crippen LogP contribution in [0, 0.1) is 0 Å². The fraction of sp³-hybridized carbons (Fsp3) is 0.750. The van der Waals surface area contributed by atoms with Gasteiger partial charge in [0.15, 0.2) is 11.6 Å². The fourth-order valence-corrected chi connectivity index (χ4v) is 4.96. The van der Waals surface area contributed by atoms with Crippen LogP contribution in [0.15, 0.2) is 4.52 Å². The van der Waals surface area contributed by atoms with Crippen molar-refractivity contribution in [1.29, 1.82) is 0 Å². The van der Waals surface area contributed by atoms with Crippen LogP contribution in [0.25, 0.3) is 0 Å². The van der Waals surface area contributed by atoms with Crippen LogP contribution in [-0.4, -0.2) is 46.4 Å². The lowest BCUT2D eigenvalue weighted by molar-refractivity contribution is -0.122. The summed E-state index contributed by atoms with van der Waals surface area (Å²) in [4.78, 5) is 15.8. The van der Waals surface area contributed by atoms with Gasteiger partial charge in [-0.25, -0.2) is 0 Å². The van der Waals surface area contributed by atoms with Gasteiger partial charge >= 0.3 is 0 Å². The largest absolute Gasteiger partial charge is 0.377 e. The number of methoxy groups -OCH3 is 1. The summed E-state index contributed by atoms with van der Waals surface area (Å²) in [6.45, 7) is 2.27. The van der Waals surface area contributed by atoms with Crippen LogP contribution in [0.1, 0.15) is 30.3 Å². The molecule has 5 nitrogen and oxygen atoms in total. The molecule has 0 amide bonds. The number of hydrogen-bond acceptors (Lipinski definition) is 7. The van der Waals surface area contributed by atoms with Crippen LogP contribution in [0.2, 0.25) is 0 Å². The topological polar surface area (TPSA) is 65.2 Å². The quantitative estimate of drug-likeness (QED) is 0.797. The first-order valence-electron chi connectivity index (χ1n) is 6.31. The summed E-state index contributed by atoms with van der Waals surface area (Å²) in [5, 5.41) is 4.84. The number of ether oxygens (including phenoxy) is 1. The Balaban J connectivity index is 2.01. The third kappa shape index (κ3) is 3.97. The van der Waals surface area contributed by atoms with Gasteiger partial charge in [0.1, 0.15) is 6.61 Å². The van der Waals surface area contributed by atoms with Crippen molar-refractivity contribution in [3.8, 4) is 0 Å². The third-order valence-corrected chi connectivity index (χ3v) is 6.09. The number of rotatable bonds is 6. The molecule has 1 aliphatic heterocycles. The normalized spacial score (nSPS) is 23.5. The van der Waals surface area contributed by atoms with Gasteiger partial charge in [-0.05, 0) is 6.42 Å². The van der Waals surface area contributed by atoms with E-state index in [0.717, 1.165) is 18.0 Å². The van der Waals surface area contributed by atoms with Gasteiger partial charge in [-0.2, -0.15) is 16.7 Å². The van der Waals surface area contributed by atoms with E-state index in [-0.39, 0.29) is 24.1 Å². The molecule has 2 rings (SSSR count). The summed E-state index contributed by atoms with van der Waals surface area (Å²) in [5.41, 5.74) is 0. The number of Topliss-reactive ketones (excluding diaryl/α,β-unsaturated/α-hetero) is 1. The molecule has 1 fully saturated rings. The lowest BCUT2D eigenvalue weighted by Crippen LogP contribution is -2.19. The molecular weight excluding hydrogens is 284 g/mol. The zero-order chi connectivity index (χ0) is 13.7. The minimum atomic E-state index is -0.0459. The van der Waals surface area contributed by atoms with Crippen molar-refractivity contribution in [3.05, 3.63) is 11.7 Å². The van der Waals surface area contributed by atoms with E-state index >= 15 is 0 Å². The van der Waals surface area contributed by atoms with Gasteiger partial charge in [0.05, 0.1) is 11.7 Å². The molecule has 19 heavy (non-hydrogen) atoms. The van der Waals surface area contributed by atoms with Crippen molar-refractivity contribution in [2.24, 2.45) is 0 Å². The Morgan fingerprint density at radius 2 is 2.26 bits per heavy atom. The maximum absolute atomic E-state index is 11.5. The molecule has 0 spiro atoms. The molecule has 106 valence electrons. The standard InChI is InChI=1S/C12H18N2O3S2/c1-3-9-11(19-5-4-18-9)12-13-10(17-14-12)6-8(15)7-16-2/h9,11H,3-7H2,1-2H3. The maximum atomic E-state index is 11.5. The van der Waals surface area contributed by atoms with E-state index in [4.69, 9.17) is 9.26 Å². The van der Waals surface area contributed by atoms with Gasteiger partial charge < -0.3 is 9.26 Å². The molecule has 0 N–H and O–H groups in total. The van der Waals surface area contributed by atoms with Crippen LogP contribution in [-0.2, 0) is 16.0 Å². The number of ketones is 1.